The van der Waals surface area contributed by atoms with Gasteiger partial charge in [0, 0.05) is 12.1 Å². The first-order chi connectivity index (χ1) is 6.22. The van der Waals surface area contributed by atoms with Gasteiger partial charge in [0.25, 0.3) is 0 Å². The summed E-state index contributed by atoms with van der Waals surface area (Å²) in [5.41, 5.74) is 5.39. The van der Waals surface area contributed by atoms with E-state index < -0.39 is 12.0 Å². The summed E-state index contributed by atoms with van der Waals surface area (Å²) in [4.78, 5) is 10.8. The third-order valence-corrected chi connectivity index (χ3v) is 1.81. The number of nitrogens with two attached hydrogens (primary N) is 1. The lowest BCUT2D eigenvalue weighted by molar-refractivity contribution is -0.139. The molecule has 0 bridgehead atoms. The summed E-state index contributed by atoms with van der Waals surface area (Å²) in [6.45, 7) is 8.26. The average Bonchev–Trinajstić information content (AvgIpc) is 1.94. The van der Waals surface area contributed by atoms with Crippen molar-refractivity contribution < 1.29 is 9.90 Å². The van der Waals surface area contributed by atoms with E-state index in [0.29, 0.717) is 18.9 Å². The molecule has 0 rings (SSSR count). The quantitative estimate of drug-likeness (QED) is 0.596. The molecule has 0 aromatic heterocycles. The lowest BCUT2D eigenvalue weighted by Gasteiger charge is -2.23. The van der Waals surface area contributed by atoms with Crippen LogP contribution in [0, 0.1) is 5.92 Å². The number of carboxylic acid groups (broad SMARTS) is 1. The smallest absolute Gasteiger partial charge is 0.320 e. The SMILES string of the molecule is CC(C)CC(NCC(C)(C)N)C(=O)O. The van der Waals surface area contributed by atoms with Crippen LogP contribution in [0.25, 0.3) is 0 Å². The number of hydrogen-bond donors (Lipinski definition) is 3. The molecule has 14 heavy (non-hydrogen) atoms. The fourth-order valence-corrected chi connectivity index (χ4v) is 1.13. The molecule has 0 aliphatic carbocycles. The molecule has 0 aliphatic heterocycles. The Labute approximate surface area is 85.9 Å². The Morgan fingerprint density at radius 2 is 2.00 bits per heavy atom. The first-order valence-electron chi connectivity index (χ1n) is 4.97. The number of nitrogens with one attached hydrogen (secondary N) is 1. The summed E-state index contributed by atoms with van der Waals surface area (Å²) in [5, 5.41) is 11.9. The average molecular weight is 202 g/mol. The van der Waals surface area contributed by atoms with Gasteiger partial charge in [0.15, 0.2) is 0 Å². The van der Waals surface area contributed by atoms with Crippen LogP contribution in [0.5, 0.6) is 0 Å². The van der Waals surface area contributed by atoms with Gasteiger partial charge in [-0.1, -0.05) is 13.8 Å². The van der Waals surface area contributed by atoms with Crippen LogP contribution in [0.3, 0.4) is 0 Å². The summed E-state index contributed by atoms with van der Waals surface area (Å²) in [7, 11) is 0. The summed E-state index contributed by atoms with van der Waals surface area (Å²) < 4.78 is 0. The Bertz CT molecular complexity index is 185. The number of carboxylic acids is 1. The summed E-state index contributed by atoms with van der Waals surface area (Å²) in [6, 6.07) is -0.488. The first kappa shape index (κ1) is 13.4. The maximum atomic E-state index is 10.8. The van der Waals surface area contributed by atoms with Crippen molar-refractivity contribution in [1.29, 1.82) is 0 Å². The predicted octanol–water partition coefficient (Wildman–Crippen LogP) is 0.813. The molecule has 4 nitrogen and oxygen atoms in total. The van der Waals surface area contributed by atoms with Gasteiger partial charge in [0.05, 0.1) is 0 Å². The molecule has 0 saturated heterocycles. The van der Waals surface area contributed by atoms with E-state index in [9.17, 15) is 4.79 Å². The number of carbonyl (C=O) groups is 1. The Kier molecular flexibility index (Phi) is 5.08. The second-order valence-corrected chi connectivity index (χ2v) is 4.89. The van der Waals surface area contributed by atoms with E-state index in [0.717, 1.165) is 0 Å². The van der Waals surface area contributed by atoms with Crippen molar-refractivity contribution in [3.8, 4) is 0 Å². The molecule has 0 spiro atoms. The highest BCUT2D eigenvalue weighted by molar-refractivity contribution is 5.73. The third-order valence-electron chi connectivity index (χ3n) is 1.81. The van der Waals surface area contributed by atoms with Crippen LogP contribution in [0.2, 0.25) is 0 Å². The van der Waals surface area contributed by atoms with Gasteiger partial charge in [-0.15, -0.1) is 0 Å². The van der Waals surface area contributed by atoms with Crippen molar-refractivity contribution >= 4 is 5.97 Å². The fourth-order valence-electron chi connectivity index (χ4n) is 1.13. The Hall–Kier alpha value is -0.610. The predicted molar refractivity (Wildman–Crippen MR) is 57.1 cm³/mol. The number of hydrogen-bond acceptors (Lipinski definition) is 3. The van der Waals surface area contributed by atoms with Crippen molar-refractivity contribution in [1.82, 2.24) is 5.32 Å². The van der Waals surface area contributed by atoms with Gasteiger partial charge in [-0.25, -0.2) is 0 Å². The van der Waals surface area contributed by atoms with E-state index in [1.54, 1.807) is 0 Å². The molecular formula is C10H22N2O2. The van der Waals surface area contributed by atoms with Crippen LogP contribution < -0.4 is 11.1 Å². The van der Waals surface area contributed by atoms with Crippen LogP contribution >= 0.6 is 0 Å². The standard InChI is InChI=1S/C10H22N2O2/c1-7(2)5-8(9(13)14)12-6-10(3,4)11/h7-8,12H,5-6,11H2,1-4H3,(H,13,14). The topological polar surface area (TPSA) is 75.3 Å². The molecule has 1 unspecified atom stereocenters. The zero-order chi connectivity index (χ0) is 11.4. The van der Waals surface area contributed by atoms with Gasteiger partial charge >= 0.3 is 5.97 Å². The van der Waals surface area contributed by atoms with Crippen LogP contribution in [-0.4, -0.2) is 29.2 Å². The largest absolute Gasteiger partial charge is 0.480 e. The van der Waals surface area contributed by atoms with Gasteiger partial charge in [0.2, 0.25) is 0 Å². The minimum atomic E-state index is -0.803. The highest BCUT2D eigenvalue weighted by atomic mass is 16.4. The fraction of sp³-hybridized carbons (Fsp3) is 0.900. The van der Waals surface area contributed by atoms with Crippen molar-refractivity contribution in [2.75, 3.05) is 6.54 Å². The van der Waals surface area contributed by atoms with Gasteiger partial charge < -0.3 is 16.2 Å². The van der Waals surface area contributed by atoms with E-state index >= 15 is 0 Å². The maximum absolute atomic E-state index is 10.8. The Morgan fingerprint density at radius 1 is 1.50 bits per heavy atom. The Balaban J connectivity index is 4.05. The zero-order valence-corrected chi connectivity index (χ0v) is 9.50. The molecule has 4 N–H and O–H groups in total. The minimum absolute atomic E-state index is 0.365. The maximum Gasteiger partial charge on any atom is 0.320 e. The molecular weight excluding hydrogens is 180 g/mol. The summed E-state index contributed by atoms with van der Waals surface area (Å²) in [6.07, 6.45) is 0.630. The van der Waals surface area contributed by atoms with Crippen LogP contribution in [0.15, 0.2) is 0 Å². The van der Waals surface area contributed by atoms with E-state index in [1.165, 1.54) is 0 Å². The molecule has 0 fully saturated rings. The second-order valence-electron chi connectivity index (χ2n) is 4.89. The normalized spacial score (nSPS) is 14.4. The summed E-state index contributed by atoms with van der Waals surface area (Å²) >= 11 is 0. The van der Waals surface area contributed by atoms with Crippen molar-refractivity contribution in [3.63, 3.8) is 0 Å². The highest BCUT2D eigenvalue weighted by Gasteiger charge is 2.20. The van der Waals surface area contributed by atoms with Crippen LogP contribution in [0.1, 0.15) is 34.1 Å². The molecule has 0 aromatic rings. The molecule has 0 aromatic carbocycles. The van der Waals surface area contributed by atoms with Gasteiger partial charge in [0.1, 0.15) is 6.04 Å². The van der Waals surface area contributed by atoms with Crippen molar-refractivity contribution in [3.05, 3.63) is 0 Å². The van der Waals surface area contributed by atoms with Gasteiger partial charge in [-0.05, 0) is 26.2 Å². The van der Waals surface area contributed by atoms with E-state index in [1.807, 2.05) is 27.7 Å². The molecule has 0 radical (unpaired) electrons. The molecule has 0 heterocycles. The van der Waals surface area contributed by atoms with Gasteiger partial charge in [-0.2, -0.15) is 0 Å². The molecule has 1 atom stereocenters. The van der Waals surface area contributed by atoms with Crippen molar-refractivity contribution in [2.45, 2.75) is 45.7 Å². The number of rotatable bonds is 6. The Morgan fingerprint density at radius 3 is 2.29 bits per heavy atom. The van der Waals surface area contributed by atoms with Crippen LogP contribution in [-0.2, 0) is 4.79 Å². The lowest BCUT2D eigenvalue weighted by Crippen LogP contribution is -2.49. The second kappa shape index (κ2) is 5.32. The lowest BCUT2D eigenvalue weighted by atomic mass is 10.0. The molecule has 0 saturated carbocycles. The van der Waals surface area contributed by atoms with E-state index in [4.69, 9.17) is 10.8 Å². The minimum Gasteiger partial charge on any atom is -0.480 e. The third kappa shape index (κ3) is 6.86. The summed E-state index contributed by atoms with van der Waals surface area (Å²) in [5.74, 6) is -0.438. The first-order valence-corrected chi connectivity index (χ1v) is 4.97. The van der Waals surface area contributed by atoms with Crippen LogP contribution in [0.4, 0.5) is 0 Å². The molecule has 0 aliphatic rings. The number of aliphatic carboxylic acids is 1. The highest BCUT2D eigenvalue weighted by Crippen LogP contribution is 2.05. The van der Waals surface area contributed by atoms with Crippen molar-refractivity contribution in [2.24, 2.45) is 11.7 Å². The zero-order valence-electron chi connectivity index (χ0n) is 9.50. The van der Waals surface area contributed by atoms with E-state index in [2.05, 4.69) is 5.32 Å². The molecule has 4 heteroatoms. The monoisotopic (exact) mass is 202 g/mol. The molecule has 0 amide bonds. The van der Waals surface area contributed by atoms with E-state index in [-0.39, 0.29) is 5.54 Å². The molecule has 84 valence electrons. The van der Waals surface area contributed by atoms with Gasteiger partial charge in [-0.3, -0.25) is 4.79 Å².